The zero-order chi connectivity index (χ0) is 15.3. The van der Waals surface area contributed by atoms with Crippen LogP contribution in [-0.4, -0.2) is 28.0 Å². The number of aromatic nitrogens is 1. The number of carbonyl (C=O) groups is 2. The summed E-state index contributed by atoms with van der Waals surface area (Å²) in [5.41, 5.74) is -0.452. The van der Waals surface area contributed by atoms with Gasteiger partial charge in [0.05, 0.1) is 0 Å². The molecule has 1 aromatic rings. The molecule has 0 aliphatic heterocycles. The van der Waals surface area contributed by atoms with Gasteiger partial charge in [-0.2, -0.15) is 13.2 Å². The number of carboxylic acids is 1. The van der Waals surface area contributed by atoms with E-state index < -0.39 is 34.8 Å². The van der Waals surface area contributed by atoms with Crippen LogP contribution in [0.1, 0.15) is 28.3 Å². The molecule has 0 saturated heterocycles. The fraction of sp³-hybridized carbons (Fsp3) is 0.364. The van der Waals surface area contributed by atoms with Gasteiger partial charge in [0.15, 0.2) is 5.01 Å². The smallest absolute Gasteiger partial charge is 0.443 e. The van der Waals surface area contributed by atoms with Crippen molar-refractivity contribution in [2.45, 2.75) is 25.1 Å². The second-order valence-corrected chi connectivity index (χ2v) is 4.62. The highest BCUT2D eigenvalue weighted by molar-refractivity contribution is 7.09. The number of aliphatic carboxylic acids is 1. The summed E-state index contributed by atoms with van der Waals surface area (Å²) in [5, 5.41) is 10.8. The van der Waals surface area contributed by atoms with Crippen LogP contribution in [0.4, 0.5) is 13.2 Å². The van der Waals surface area contributed by atoms with Gasteiger partial charge in [-0.15, -0.1) is 17.9 Å². The molecule has 0 aromatic carbocycles. The fourth-order valence-corrected chi connectivity index (χ4v) is 1.95. The number of thiazole rings is 1. The summed E-state index contributed by atoms with van der Waals surface area (Å²) in [7, 11) is 0. The second-order valence-electron chi connectivity index (χ2n) is 3.77. The van der Waals surface area contributed by atoms with E-state index in [1.807, 2.05) is 0 Å². The van der Waals surface area contributed by atoms with E-state index in [1.54, 1.807) is 0 Å². The predicted octanol–water partition coefficient (Wildman–Crippen LogP) is 2.31. The summed E-state index contributed by atoms with van der Waals surface area (Å²) in [6.45, 7) is 3.42. The molecule has 0 aliphatic rings. The van der Waals surface area contributed by atoms with Crippen LogP contribution in [0.5, 0.6) is 0 Å². The number of carbonyl (C=O) groups excluding carboxylic acids is 1. The monoisotopic (exact) mass is 308 g/mol. The highest BCUT2D eigenvalue weighted by Gasteiger charge is 2.35. The molecule has 1 atom stereocenters. The fourth-order valence-electron chi connectivity index (χ4n) is 1.28. The molecule has 110 valence electrons. The Morgan fingerprint density at radius 1 is 1.55 bits per heavy atom. The Balaban J connectivity index is 2.76. The van der Waals surface area contributed by atoms with Crippen LogP contribution >= 0.6 is 11.3 Å². The van der Waals surface area contributed by atoms with Gasteiger partial charge in [0.2, 0.25) is 0 Å². The average Bonchev–Trinajstić information content (AvgIpc) is 2.83. The van der Waals surface area contributed by atoms with Crippen LogP contribution in [0.3, 0.4) is 0 Å². The number of alkyl halides is 3. The van der Waals surface area contributed by atoms with Gasteiger partial charge in [0.25, 0.3) is 5.91 Å². The maximum atomic E-state index is 12.3. The predicted molar refractivity (Wildman–Crippen MR) is 65.4 cm³/mol. The first-order valence-corrected chi connectivity index (χ1v) is 6.31. The van der Waals surface area contributed by atoms with Crippen molar-refractivity contribution in [3.05, 3.63) is 28.7 Å². The molecule has 0 bridgehead atoms. The van der Waals surface area contributed by atoms with Crippen molar-refractivity contribution in [3.63, 3.8) is 0 Å². The summed E-state index contributed by atoms with van der Waals surface area (Å²) in [5.74, 6) is -2.22. The Bertz CT molecular complexity index is 513. The minimum absolute atomic E-state index is 0.0981. The van der Waals surface area contributed by atoms with Crippen molar-refractivity contribution in [2.24, 2.45) is 0 Å². The van der Waals surface area contributed by atoms with Crippen LogP contribution in [0.15, 0.2) is 18.0 Å². The van der Waals surface area contributed by atoms with Gasteiger partial charge in [0.1, 0.15) is 11.7 Å². The number of hydrogen-bond acceptors (Lipinski definition) is 4. The van der Waals surface area contributed by atoms with Crippen LogP contribution in [0, 0.1) is 0 Å². The highest BCUT2D eigenvalue weighted by Crippen LogP contribution is 2.31. The van der Waals surface area contributed by atoms with E-state index in [4.69, 9.17) is 5.11 Å². The van der Waals surface area contributed by atoms with Crippen LogP contribution < -0.4 is 5.32 Å². The van der Waals surface area contributed by atoms with E-state index >= 15 is 0 Å². The molecule has 20 heavy (non-hydrogen) atoms. The largest absolute Gasteiger partial charge is 0.480 e. The van der Waals surface area contributed by atoms with Crippen molar-refractivity contribution in [3.8, 4) is 0 Å². The molecule has 0 radical (unpaired) electrons. The number of carboxylic acid groups (broad SMARTS) is 1. The summed E-state index contributed by atoms with van der Waals surface area (Å²) < 4.78 is 37.0. The molecular weight excluding hydrogens is 297 g/mol. The average molecular weight is 308 g/mol. The maximum absolute atomic E-state index is 12.3. The van der Waals surface area contributed by atoms with E-state index in [2.05, 4.69) is 16.9 Å². The molecule has 1 unspecified atom stereocenters. The van der Waals surface area contributed by atoms with Gasteiger partial charge < -0.3 is 10.4 Å². The standard InChI is InChI=1S/C11H11F3N2O3S/c1-2-3-4-6(9(18)19)15-8(17)7-5-20-10(16-7)11(12,13)14/h2,5-6H,1,3-4H2,(H,15,17)(H,18,19). The molecule has 0 fully saturated rings. The third-order valence-electron chi connectivity index (χ3n) is 2.24. The Morgan fingerprint density at radius 2 is 2.20 bits per heavy atom. The zero-order valence-corrected chi connectivity index (χ0v) is 10.9. The molecule has 0 spiro atoms. The van der Waals surface area contributed by atoms with Gasteiger partial charge in [-0.25, -0.2) is 9.78 Å². The maximum Gasteiger partial charge on any atom is 0.443 e. The van der Waals surface area contributed by atoms with Crippen molar-refractivity contribution < 1.29 is 27.9 Å². The number of halogens is 3. The van der Waals surface area contributed by atoms with Crippen molar-refractivity contribution in [1.82, 2.24) is 10.3 Å². The van der Waals surface area contributed by atoms with Gasteiger partial charge in [-0.3, -0.25) is 4.79 Å². The lowest BCUT2D eigenvalue weighted by molar-refractivity contribution is -0.139. The first-order valence-electron chi connectivity index (χ1n) is 5.43. The first kappa shape index (κ1) is 16.2. The molecule has 1 amide bonds. The number of nitrogens with one attached hydrogen (secondary N) is 1. The van der Waals surface area contributed by atoms with Gasteiger partial charge in [-0.05, 0) is 12.8 Å². The van der Waals surface area contributed by atoms with Gasteiger partial charge >= 0.3 is 12.1 Å². The van der Waals surface area contributed by atoms with E-state index in [0.29, 0.717) is 6.42 Å². The number of allylic oxidation sites excluding steroid dienone is 1. The number of rotatable bonds is 6. The molecule has 0 aliphatic carbocycles. The molecular formula is C11H11F3N2O3S. The van der Waals surface area contributed by atoms with Gasteiger partial charge in [0, 0.05) is 5.38 Å². The van der Waals surface area contributed by atoms with E-state index in [0.717, 1.165) is 5.38 Å². The molecule has 9 heteroatoms. The third kappa shape index (κ3) is 4.34. The molecule has 1 heterocycles. The van der Waals surface area contributed by atoms with E-state index in [-0.39, 0.29) is 17.8 Å². The Labute approximate surface area is 116 Å². The Kier molecular flexibility index (Phi) is 5.26. The lowest BCUT2D eigenvalue weighted by Crippen LogP contribution is -2.40. The number of nitrogens with zero attached hydrogens (tertiary/aromatic N) is 1. The van der Waals surface area contributed by atoms with Gasteiger partial charge in [-0.1, -0.05) is 6.08 Å². The Hall–Kier alpha value is -1.90. The molecule has 5 nitrogen and oxygen atoms in total. The summed E-state index contributed by atoms with van der Waals surface area (Å²) in [4.78, 5) is 25.7. The normalized spacial score (nSPS) is 12.8. The summed E-state index contributed by atoms with van der Waals surface area (Å²) >= 11 is 0.278. The molecule has 0 saturated carbocycles. The quantitative estimate of drug-likeness (QED) is 0.790. The lowest BCUT2D eigenvalue weighted by atomic mass is 10.1. The topological polar surface area (TPSA) is 79.3 Å². The second kappa shape index (κ2) is 6.51. The molecule has 2 N–H and O–H groups in total. The van der Waals surface area contributed by atoms with Crippen molar-refractivity contribution >= 4 is 23.2 Å². The zero-order valence-electron chi connectivity index (χ0n) is 10.1. The molecule has 1 aromatic heterocycles. The van der Waals surface area contributed by atoms with E-state index in [9.17, 15) is 22.8 Å². The van der Waals surface area contributed by atoms with Crippen LogP contribution in [0.2, 0.25) is 0 Å². The third-order valence-corrected chi connectivity index (χ3v) is 3.13. The highest BCUT2D eigenvalue weighted by atomic mass is 32.1. The number of hydrogen-bond donors (Lipinski definition) is 2. The van der Waals surface area contributed by atoms with Crippen molar-refractivity contribution in [2.75, 3.05) is 0 Å². The lowest BCUT2D eigenvalue weighted by Gasteiger charge is -2.12. The van der Waals surface area contributed by atoms with Crippen LogP contribution in [0.25, 0.3) is 0 Å². The summed E-state index contributed by atoms with van der Waals surface area (Å²) in [6.07, 6.45) is -2.70. The minimum atomic E-state index is -4.63. The Morgan fingerprint density at radius 3 is 2.65 bits per heavy atom. The minimum Gasteiger partial charge on any atom is -0.480 e. The molecule has 1 rings (SSSR count). The van der Waals surface area contributed by atoms with E-state index in [1.165, 1.54) is 6.08 Å². The number of amides is 1. The van der Waals surface area contributed by atoms with Crippen LogP contribution in [-0.2, 0) is 11.0 Å². The van der Waals surface area contributed by atoms with Crippen molar-refractivity contribution in [1.29, 1.82) is 0 Å². The SMILES string of the molecule is C=CCCC(NC(=O)c1csc(C(F)(F)F)n1)C(=O)O. The first-order chi connectivity index (χ1) is 9.25. The summed E-state index contributed by atoms with van der Waals surface area (Å²) in [6, 6.07) is -1.20.